The Bertz CT molecular complexity index is 959. The van der Waals surface area contributed by atoms with Gasteiger partial charge >= 0.3 is 0 Å². The van der Waals surface area contributed by atoms with Crippen molar-refractivity contribution >= 4 is 0 Å². The van der Waals surface area contributed by atoms with Crippen molar-refractivity contribution in [1.82, 2.24) is 14.7 Å². The Hall–Kier alpha value is -2.70. The molecule has 5 nitrogen and oxygen atoms in total. The van der Waals surface area contributed by atoms with Crippen molar-refractivity contribution in [3.8, 4) is 22.9 Å². The van der Waals surface area contributed by atoms with Crippen LogP contribution in [0, 0.1) is 5.82 Å². The lowest BCUT2D eigenvalue weighted by molar-refractivity contribution is 0.100. The summed E-state index contributed by atoms with van der Waals surface area (Å²) < 4.78 is 21.6. The third-order valence-electron chi connectivity index (χ3n) is 5.16. The van der Waals surface area contributed by atoms with E-state index in [0.717, 1.165) is 42.6 Å². The van der Waals surface area contributed by atoms with E-state index < -0.39 is 0 Å². The summed E-state index contributed by atoms with van der Waals surface area (Å²) in [4.78, 5) is 2.24. The molecule has 1 atom stereocenters. The maximum Gasteiger partial charge on any atom is 0.222 e. The highest BCUT2D eigenvalue weighted by Crippen LogP contribution is 2.34. The van der Waals surface area contributed by atoms with Gasteiger partial charge in [-0.25, -0.2) is 9.07 Å². The predicted molar refractivity (Wildman–Crippen MR) is 122 cm³/mol. The first-order valence-electron chi connectivity index (χ1n) is 11.0. The lowest BCUT2D eigenvalue weighted by atomic mass is 10.1. The van der Waals surface area contributed by atoms with E-state index in [-0.39, 0.29) is 11.9 Å². The SMILES string of the molecule is CCCC(O)CN(CCC)Cc1c(-c2ccccc2)nn(C)c1Oc1cccc(F)c1. The topological polar surface area (TPSA) is 50.5 Å². The molecule has 6 heteroatoms. The van der Waals surface area contributed by atoms with Gasteiger partial charge < -0.3 is 9.84 Å². The largest absolute Gasteiger partial charge is 0.439 e. The zero-order chi connectivity index (χ0) is 22.2. The van der Waals surface area contributed by atoms with Gasteiger partial charge in [0.15, 0.2) is 0 Å². The molecule has 1 aromatic heterocycles. The summed E-state index contributed by atoms with van der Waals surface area (Å²) in [6, 6.07) is 16.1. The Balaban J connectivity index is 1.99. The van der Waals surface area contributed by atoms with E-state index >= 15 is 0 Å². The van der Waals surface area contributed by atoms with Crippen LogP contribution in [0.5, 0.6) is 11.6 Å². The summed E-state index contributed by atoms with van der Waals surface area (Å²) in [6.07, 6.45) is 2.31. The van der Waals surface area contributed by atoms with E-state index in [1.165, 1.54) is 12.1 Å². The second-order valence-corrected chi connectivity index (χ2v) is 7.86. The van der Waals surface area contributed by atoms with Crippen LogP contribution < -0.4 is 4.74 Å². The maximum absolute atomic E-state index is 13.7. The van der Waals surface area contributed by atoms with Crippen LogP contribution in [0.4, 0.5) is 4.39 Å². The normalized spacial score (nSPS) is 12.3. The molecule has 0 spiro atoms. The van der Waals surface area contributed by atoms with E-state index in [2.05, 4.69) is 18.7 Å². The van der Waals surface area contributed by atoms with Gasteiger partial charge in [0, 0.05) is 31.8 Å². The summed E-state index contributed by atoms with van der Waals surface area (Å²) in [5.74, 6) is 0.659. The fourth-order valence-corrected chi connectivity index (χ4v) is 3.79. The number of hydrogen-bond acceptors (Lipinski definition) is 4. The third-order valence-corrected chi connectivity index (χ3v) is 5.16. The van der Waals surface area contributed by atoms with E-state index in [4.69, 9.17) is 9.84 Å². The highest BCUT2D eigenvalue weighted by molar-refractivity contribution is 5.65. The van der Waals surface area contributed by atoms with Crippen molar-refractivity contribution in [2.75, 3.05) is 13.1 Å². The fourth-order valence-electron chi connectivity index (χ4n) is 3.79. The van der Waals surface area contributed by atoms with Gasteiger partial charge in [-0.1, -0.05) is 56.7 Å². The second kappa shape index (κ2) is 11.1. The number of ether oxygens (including phenoxy) is 1. The molecule has 0 radical (unpaired) electrons. The predicted octanol–water partition coefficient (Wildman–Crippen LogP) is 5.39. The molecule has 1 unspecified atom stereocenters. The highest BCUT2D eigenvalue weighted by atomic mass is 19.1. The van der Waals surface area contributed by atoms with Crippen LogP contribution in [0.15, 0.2) is 54.6 Å². The fraction of sp³-hybridized carbons (Fsp3) is 0.400. The molecule has 0 saturated carbocycles. The first-order valence-corrected chi connectivity index (χ1v) is 11.0. The van der Waals surface area contributed by atoms with Gasteiger partial charge in [0.05, 0.1) is 11.7 Å². The smallest absolute Gasteiger partial charge is 0.222 e. The van der Waals surface area contributed by atoms with Crippen LogP contribution in [0.25, 0.3) is 11.3 Å². The number of benzene rings is 2. The lowest BCUT2D eigenvalue weighted by Crippen LogP contribution is -2.32. The van der Waals surface area contributed by atoms with Crippen molar-refractivity contribution < 1.29 is 14.2 Å². The van der Waals surface area contributed by atoms with E-state index in [1.807, 2.05) is 37.4 Å². The number of halogens is 1. The van der Waals surface area contributed by atoms with Gasteiger partial charge in [-0.05, 0) is 31.5 Å². The zero-order valence-electron chi connectivity index (χ0n) is 18.6. The van der Waals surface area contributed by atoms with Gasteiger partial charge in [-0.2, -0.15) is 5.10 Å². The van der Waals surface area contributed by atoms with E-state index in [0.29, 0.717) is 24.7 Å². The summed E-state index contributed by atoms with van der Waals surface area (Å²) >= 11 is 0. The van der Waals surface area contributed by atoms with Crippen LogP contribution in [-0.4, -0.2) is 39.0 Å². The van der Waals surface area contributed by atoms with E-state index in [1.54, 1.807) is 16.8 Å². The van der Waals surface area contributed by atoms with Crippen molar-refractivity contribution in [1.29, 1.82) is 0 Å². The van der Waals surface area contributed by atoms with Crippen molar-refractivity contribution in [2.24, 2.45) is 7.05 Å². The average molecular weight is 426 g/mol. The molecular formula is C25H32FN3O2. The Labute approximate surface area is 184 Å². The minimum absolute atomic E-state index is 0.347. The molecule has 1 N–H and O–H groups in total. The number of aliphatic hydroxyl groups is 1. The first-order chi connectivity index (χ1) is 15.0. The molecule has 0 aliphatic rings. The Morgan fingerprint density at radius 2 is 1.87 bits per heavy atom. The number of aliphatic hydroxyl groups excluding tert-OH is 1. The molecule has 0 fully saturated rings. The molecule has 0 amide bonds. The zero-order valence-corrected chi connectivity index (χ0v) is 18.6. The number of nitrogens with zero attached hydrogens (tertiary/aromatic N) is 3. The summed E-state index contributed by atoms with van der Waals surface area (Å²) in [5.41, 5.74) is 2.75. The van der Waals surface area contributed by atoms with Crippen LogP contribution >= 0.6 is 0 Å². The standard InChI is InChI=1S/C25H32FN3O2/c1-4-10-21(30)17-29(15-5-2)18-23-24(19-11-7-6-8-12-19)27-28(3)25(23)31-22-14-9-13-20(26)16-22/h6-9,11-14,16,21,30H,4-5,10,15,17-18H2,1-3H3. The first kappa shape index (κ1) is 23.0. The lowest BCUT2D eigenvalue weighted by Gasteiger charge is -2.25. The molecule has 0 aliphatic heterocycles. The van der Waals surface area contributed by atoms with Crippen molar-refractivity contribution in [2.45, 2.75) is 45.8 Å². The quantitative estimate of drug-likeness (QED) is 0.447. The number of aryl methyl sites for hydroxylation is 1. The number of hydrogen-bond donors (Lipinski definition) is 1. The van der Waals surface area contributed by atoms with Gasteiger partial charge in [-0.3, -0.25) is 4.90 Å². The minimum atomic E-state index is -0.374. The molecule has 0 saturated heterocycles. The molecule has 3 aromatic rings. The monoisotopic (exact) mass is 425 g/mol. The second-order valence-electron chi connectivity index (χ2n) is 7.86. The Morgan fingerprint density at radius 3 is 2.55 bits per heavy atom. The van der Waals surface area contributed by atoms with E-state index in [9.17, 15) is 9.50 Å². The molecule has 0 aliphatic carbocycles. The third kappa shape index (κ3) is 6.15. The molecular weight excluding hydrogens is 393 g/mol. The average Bonchev–Trinajstić information content (AvgIpc) is 3.04. The van der Waals surface area contributed by atoms with Crippen LogP contribution in [0.2, 0.25) is 0 Å². The molecule has 31 heavy (non-hydrogen) atoms. The van der Waals surface area contributed by atoms with Crippen LogP contribution in [0.3, 0.4) is 0 Å². The maximum atomic E-state index is 13.7. The number of aromatic nitrogens is 2. The van der Waals surface area contributed by atoms with Crippen molar-refractivity contribution in [3.05, 3.63) is 66.0 Å². The Kier molecular flexibility index (Phi) is 8.20. The summed E-state index contributed by atoms with van der Waals surface area (Å²) in [7, 11) is 1.83. The van der Waals surface area contributed by atoms with Gasteiger partial charge in [0.1, 0.15) is 17.3 Å². The number of rotatable bonds is 11. The van der Waals surface area contributed by atoms with Gasteiger partial charge in [0.25, 0.3) is 0 Å². The van der Waals surface area contributed by atoms with Gasteiger partial charge in [0.2, 0.25) is 5.88 Å². The van der Waals surface area contributed by atoms with Gasteiger partial charge in [-0.15, -0.1) is 0 Å². The van der Waals surface area contributed by atoms with Crippen LogP contribution in [0.1, 0.15) is 38.7 Å². The summed E-state index contributed by atoms with van der Waals surface area (Å²) in [6.45, 7) is 6.22. The molecule has 3 rings (SSSR count). The van der Waals surface area contributed by atoms with Crippen molar-refractivity contribution in [3.63, 3.8) is 0 Å². The molecule has 2 aromatic carbocycles. The molecule has 166 valence electrons. The molecule has 1 heterocycles. The highest BCUT2D eigenvalue weighted by Gasteiger charge is 2.23. The minimum Gasteiger partial charge on any atom is -0.439 e. The Morgan fingerprint density at radius 1 is 1.10 bits per heavy atom. The molecule has 0 bridgehead atoms. The summed E-state index contributed by atoms with van der Waals surface area (Å²) in [5, 5.41) is 15.2. The van der Waals surface area contributed by atoms with Crippen LogP contribution in [-0.2, 0) is 13.6 Å².